The van der Waals surface area contributed by atoms with Crippen LogP contribution < -0.4 is 5.14 Å². The molecule has 3 rings (SSSR count). The van der Waals surface area contributed by atoms with Crippen molar-refractivity contribution in [3.05, 3.63) is 47.7 Å². The SMILES string of the molecule is NS(=O)(=O)c1ccc(C(=O)OCC(=O)c2ccc(S(=O)(=O)N3CCCC3)cc2)o1. The van der Waals surface area contributed by atoms with Crippen LogP contribution in [-0.2, 0) is 24.8 Å². The topological polar surface area (TPSA) is 154 Å². The van der Waals surface area contributed by atoms with Crippen LogP contribution in [-0.4, -0.2) is 52.6 Å². The lowest BCUT2D eigenvalue weighted by atomic mass is 10.1. The molecule has 1 aliphatic rings. The van der Waals surface area contributed by atoms with Crippen LogP contribution in [0.2, 0.25) is 0 Å². The zero-order valence-corrected chi connectivity index (χ0v) is 16.7. The highest BCUT2D eigenvalue weighted by Gasteiger charge is 2.27. The number of ether oxygens (including phenoxy) is 1. The van der Waals surface area contributed by atoms with Gasteiger partial charge in [0, 0.05) is 18.7 Å². The molecule has 2 N–H and O–H groups in total. The van der Waals surface area contributed by atoms with Crippen molar-refractivity contribution in [1.82, 2.24) is 4.31 Å². The maximum absolute atomic E-state index is 12.5. The molecular weight excluding hydrogens is 424 g/mol. The van der Waals surface area contributed by atoms with Gasteiger partial charge >= 0.3 is 5.97 Å². The van der Waals surface area contributed by atoms with Crippen molar-refractivity contribution in [2.45, 2.75) is 22.8 Å². The van der Waals surface area contributed by atoms with E-state index in [-0.39, 0.29) is 10.5 Å². The van der Waals surface area contributed by atoms with E-state index < -0.39 is 49.3 Å². The number of Topliss-reactive ketones (excluding diaryl/α,β-unsaturated/α-hetero) is 1. The van der Waals surface area contributed by atoms with Crippen LogP contribution in [0.4, 0.5) is 0 Å². The summed E-state index contributed by atoms with van der Waals surface area (Å²) >= 11 is 0. The second-order valence-corrected chi connectivity index (χ2v) is 9.73. The highest BCUT2D eigenvalue weighted by atomic mass is 32.2. The molecular formula is C17H18N2O8S2. The molecule has 0 bridgehead atoms. The molecule has 0 spiro atoms. The normalized spacial score (nSPS) is 15.3. The number of benzene rings is 1. The first kappa shape index (κ1) is 21.2. The smallest absolute Gasteiger partial charge is 0.374 e. The summed E-state index contributed by atoms with van der Waals surface area (Å²) in [6.07, 6.45) is 1.63. The fraction of sp³-hybridized carbons (Fsp3) is 0.294. The number of ketones is 1. The van der Waals surface area contributed by atoms with Gasteiger partial charge in [0.15, 0.2) is 12.4 Å². The predicted octanol–water partition coefficient (Wildman–Crippen LogP) is 0.751. The van der Waals surface area contributed by atoms with Gasteiger partial charge in [0.05, 0.1) is 4.90 Å². The third-order valence-corrected chi connectivity index (χ3v) is 6.97. The number of carbonyl (C=O) groups is 2. The van der Waals surface area contributed by atoms with Crippen LogP contribution in [0.1, 0.15) is 33.8 Å². The quantitative estimate of drug-likeness (QED) is 0.487. The molecule has 0 saturated carbocycles. The van der Waals surface area contributed by atoms with Crippen molar-refractivity contribution in [2.24, 2.45) is 5.14 Å². The fourth-order valence-electron chi connectivity index (χ4n) is 2.76. The standard InChI is InChI=1S/C17H18N2O8S2/c18-28(22,23)16-8-7-15(27-16)17(21)26-11-14(20)12-3-5-13(6-4-12)29(24,25)19-9-1-2-10-19/h3-8H,1-2,9-11H2,(H2,18,22,23). The number of hydrogen-bond acceptors (Lipinski definition) is 8. The molecule has 2 heterocycles. The predicted molar refractivity (Wildman–Crippen MR) is 99.1 cm³/mol. The Balaban J connectivity index is 1.62. The Morgan fingerprint density at radius 3 is 2.17 bits per heavy atom. The second-order valence-electron chi connectivity index (χ2n) is 6.30. The summed E-state index contributed by atoms with van der Waals surface area (Å²) in [6.45, 7) is 0.306. The molecule has 1 aromatic heterocycles. The molecule has 0 radical (unpaired) electrons. The molecule has 0 aliphatic carbocycles. The number of rotatable bonds is 7. The highest BCUT2D eigenvalue weighted by molar-refractivity contribution is 7.89. The number of nitrogens with two attached hydrogens (primary N) is 1. The van der Waals surface area contributed by atoms with Gasteiger partial charge in [0.25, 0.3) is 10.0 Å². The van der Waals surface area contributed by atoms with Crippen LogP contribution in [0.25, 0.3) is 0 Å². The van der Waals surface area contributed by atoms with Gasteiger partial charge in [-0.3, -0.25) is 4.79 Å². The average molecular weight is 442 g/mol. The number of hydrogen-bond donors (Lipinski definition) is 1. The fourth-order valence-corrected chi connectivity index (χ4v) is 4.74. The maximum Gasteiger partial charge on any atom is 0.374 e. The lowest BCUT2D eigenvalue weighted by Gasteiger charge is -2.15. The summed E-state index contributed by atoms with van der Waals surface area (Å²) in [5.74, 6) is -2.03. The zero-order chi connectivity index (χ0) is 21.2. The lowest BCUT2D eigenvalue weighted by molar-refractivity contribution is 0.0438. The first-order chi connectivity index (χ1) is 13.6. The Labute approximate surface area is 167 Å². The van der Waals surface area contributed by atoms with Crippen molar-refractivity contribution in [2.75, 3.05) is 19.7 Å². The van der Waals surface area contributed by atoms with E-state index in [2.05, 4.69) is 0 Å². The van der Waals surface area contributed by atoms with Gasteiger partial charge in [-0.25, -0.2) is 26.8 Å². The zero-order valence-electron chi connectivity index (χ0n) is 15.1. The van der Waals surface area contributed by atoms with E-state index in [0.717, 1.165) is 25.0 Å². The van der Waals surface area contributed by atoms with Gasteiger partial charge in [0.2, 0.25) is 20.9 Å². The van der Waals surface area contributed by atoms with Gasteiger partial charge < -0.3 is 9.15 Å². The van der Waals surface area contributed by atoms with Crippen molar-refractivity contribution in [3.63, 3.8) is 0 Å². The third-order valence-electron chi connectivity index (χ3n) is 4.28. The number of esters is 1. The Kier molecular flexibility index (Phi) is 5.89. The molecule has 0 amide bonds. The molecule has 1 fully saturated rings. The maximum atomic E-state index is 12.5. The molecule has 1 saturated heterocycles. The largest absolute Gasteiger partial charge is 0.451 e. The minimum absolute atomic E-state index is 0.0825. The minimum Gasteiger partial charge on any atom is -0.451 e. The van der Waals surface area contributed by atoms with Crippen LogP contribution in [0, 0.1) is 0 Å². The van der Waals surface area contributed by atoms with E-state index in [1.165, 1.54) is 28.6 Å². The molecule has 1 aliphatic heterocycles. The van der Waals surface area contributed by atoms with Crippen LogP contribution in [0.15, 0.2) is 50.8 Å². The molecule has 2 aromatic rings. The Hall–Kier alpha value is -2.54. The lowest BCUT2D eigenvalue weighted by Crippen LogP contribution is -2.27. The van der Waals surface area contributed by atoms with Gasteiger partial charge in [-0.2, -0.15) is 4.31 Å². The molecule has 12 heteroatoms. The summed E-state index contributed by atoms with van der Waals surface area (Å²) in [6, 6.07) is 7.38. The second kappa shape index (κ2) is 8.06. The van der Waals surface area contributed by atoms with Crippen LogP contribution in [0.3, 0.4) is 0 Å². The van der Waals surface area contributed by atoms with E-state index in [1.807, 2.05) is 0 Å². The first-order valence-corrected chi connectivity index (χ1v) is 11.5. The van der Waals surface area contributed by atoms with Gasteiger partial charge in [-0.15, -0.1) is 0 Å². The van der Waals surface area contributed by atoms with Crippen LogP contribution >= 0.6 is 0 Å². The number of nitrogens with zero attached hydrogens (tertiary/aromatic N) is 1. The third kappa shape index (κ3) is 4.72. The summed E-state index contributed by atoms with van der Waals surface area (Å²) in [7, 11) is -7.69. The van der Waals surface area contributed by atoms with E-state index in [9.17, 15) is 26.4 Å². The monoisotopic (exact) mass is 442 g/mol. The number of sulfonamides is 2. The first-order valence-electron chi connectivity index (χ1n) is 8.52. The summed E-state index contributed by atoms with van der Waals surface area (Å²) in [5, 5.41) is 4.27. The Bertz CT molecular complexity index is 1130. The molecule has 156 valence electrons. The van der Waals surface area contributed by atoms with Gasteiger partial charge in [-0.05, 0) is 49.2 Å². The van der Waals surface area contributed by atoms with Crippen LogP contribution in [0.5, 0.6) is 0 Å². The van der Waals surface area contributed by atoms with E-state index in [4.69, 9.17) is 14.3 Å². The minimum atomic E-state index is -4.11. The molecule has 0 unspecified atom stereocenters. The van der Waals surface area contributed by atoms with Gasteiger partial charge in [-0.1, -0.05) is 0 Å². The van der Waals surface area contributed by atoms with Crippen molar-refractivity contribution in [3.8, 4) is 0 Å². The van der Waals surface area contributed by atoms with E-state index >= 15 is 0 Å². The van der Waals surface area contributed by atoms with E-state index in [0.29, 0.717) is 13.1 Å². The number of carbonyl (C=O) groups excluding carboxylic acids is 2. The Morgan fingerprint density at radius 2 is 1.62 bits per heavy atom. The highest BCUT2D eigenvalue weighted by Crippen LogP contribution is 2.21. The van der Waals surface area contributed by atoms with E-state index in [1.54, 1.807) is 0 Å². The van der Waals surface area contributed by atoms with Crippen molar-refractivity contribution >= 4 is 31.8 Å². The Morgan fingerprint density at radius 1 is 1.00 bits per heavy atom. The molecule has 10 nitrogen and oxygen atoms in total. The average Bonchev–Trinajstić information content (AvgIpc) is 3.37. The summed E-state index contributed by atoms with van der Waals surface area (Å²) in [4.78, 5) is 24.1. The molecule has 29 heavy (non-hydrogen) atoms. The van der Waals surface area contributed by atoms with Gasteiger partial charge in [0.1, 0.15) is 0 Å². The number of furan rings is 1. The van der Waals surface area contributed by atoms with Crippen molar-refractivity contribution in [1.29, 1.82) is 0 Å². The summed E-state index contributed by atoms with van der Waals surface area (Å²) in [5.41, 5.74) is 0.155. The van der Waals surface area contributed by atoms with Crippen molar-refractivity contribution < 1.29 is 35.6 Å². The molecule has 1 aromatic carbocycles. The molecule has 0 atom stereocenters. The summed E-state index contributed by atoms with van der Waals surface area (Å²) < 4.78 is 58.2. The number of primary sulfonamides is 1.